The first-order chi connectivity index (χ1) is 18.3. The van der Waals surface area contributed by atoms with Gasteiger partial charge in [0.05, 0.1) is 13.7 Å². The van der Waals surface area contributed by atoms with Gasteiger partial charge in [-0.15, -0.1) is 0 Å². The smallest absolute Gasteiger partial charge is 0.332 e. The summed E-state index contributed by atoms with van der Waals surface area (Å²) in [7, 11) is 1.54. The number of nitrogens with one attached hydrogen (secondary N) is 1. The topological polar surface area (TPSA) is 140 Å². The zero-order chi connectivity index (χ0) is 26.8. The third-order valence-electron chi connectivity index (χ3n) is 6.41. The number of carbonyl (C=O) groups is 2. The number of benzene rings is 2. The maximum atomic E-state index is 12.2. The van der Waals surface area contributed by atoms with Crippen LogP contribution >= 0.6 is 0 Å². The van der Waals surface area contributed by atoms with Crippen molar-refractivity contribution < 1.29 is 52.6 Å². The molecule has 2 N–H and O–H groups in total. The number of para-hydroxylation sites is 1. The van der Waals surface area contributed by atoms with Gasteiger partial charge < -0.3 is 48.3 Å². The number of aliphatic carboxylic acids is 1. The second kappa shape index (κ2) is 11.0. The lowest BCUT2D eigenvalue weighted by molar-refractivity contribution is -0.340. The summed E-state index contributed by atoms with van der Waals surface area (Å²) in [6, 6.07) is 11.3. The summed E-state index contributed by atoms with van der Waals surface area (Å²) in [5.41, 5.74) is 0.647. The molecule has 0 aromatic heterocycles. The van der Waals surface area contributed by atoms with Crippen LogP contribution in [0, 0.1) is 0 Å². The molecule has 3 aliphatic rings. The molecule has 0 bridgehead atoms. The zero-order valence-corrected chi connectivity index (χ0v) is 21.0. The maximum absolute atomic E-state index is 12.2. The fourth-order valence-electron chi connectivity index (χ4n) is 4.62. The first-order valence-electron chi connectivity index (χ1n) is 12.1. The molecule has 12 nitrogen and oxygen atoms in total. The van der Waals surface area contributed by atoms with Gasteiger partial charge in [0.1, 0.15) is 35.9 Å². The molecule has 0 aliphatic carbocycles. The van der Waals surface area contributed by atoms with Gasteiger partial charge >= 0.3 is 5.97 Å². The van der Waals surface area contributed by atoms with Crippen molar-refractivity contribution in [3.63, 3.8) is 0 Å². The van der Waals surface area contributed by atoms with Gasteiger partial charge in [-0.05, 0) is 25.1 Å². The van der Waals surface area contributed by atoms with E-state index in [9.17, 15) is 14.7 Å². The lowest BCUT2D eigenvalue weighted by Crippen LogP contribution is -2.68. The highest BCUT2D eigenvalue weighted by atomic mass is 16.8. The summed E-state index contributed by atoms with van der Waals surface area (Å²) >= 11 is 0. The minimum Gasteiger partial charge on any atom is -0.496 e. The minimum atomic E-state index is -1.21. The maximum Gasteiger partial charge on any atom is 0.332 e. The minimum absolute atomic E-state index is 0.0858. The lowest BCUT2D eigenvalue weighted by atomic mass is 9.95. The predicted molar refractivity (Wildman–Crippen MR) is 128 cm³/mol. The van der Waals surface area contributed by atoms with E-state index in [-0.39, 0.29) is 19.3 Å². The van der Waals surface area contributed by atoms with E-state index in [1.165, 1.54) is 13.8 Å². The van der Waals surface area contributed by atoms with E-state index in [0.717, 1.165) is 0 Å². The fraction of sp³-hybridized carbons (Fsp3) is 0.462. The van der Waals surface area contributed by atoms with Crippen molar-refractivity contribution in [1.29, 1.82) is 0 Å². The largest absolute Gasteiger partial charge is 0.496 e. The molecular formula is C26H29NO11. The molecule has 0 spiro atoms. The van der Waals surface area contributed by atoms with Gasteiger partial charge in [-0.2, -0.15) is 0 Å². The van der Waals surface area contributed by atoms with Crippen molar-refractivity contribution in [3.05, 3.63) is 48.0 Å². The first-order valence-corrected chi connectivity index (χ1v) is 12.1. The molecular weight excluding hydrogens is 502 g/mol. The van der Waals surface area contributed by atoms with Crippen LogP contribution < -0.4 is 24.3 Å². The van der Waals surface area contributed by atoms with Crippen LogP contribution in [0.3, 0.4) is 0 Å². The molecule has 38 heavy (non-hydrogen) atoms. The number of amides is 1. The Kier molecular flexibility index (Phi) is 7.56. The summed E-state index contributed by atoms with van der Waals surface area (Å²) in [6.45, 7) is 2.93. The van der Waals surface area contributed by atoms with Crippen LogP contribution in [0.15, 0.2) is 42.5 Å². The van der Waals surface area contributed by atoms with Crippen molar-refractivity contribution in [1.82, 2.24) is 5.32 Å². The Hall–Kier alpha value is -3.58. The van der Waals surface area contributed by atoms with Gasteiger partial charge in [-0.3, -0.25) is 4.79 Å². The Bertz CT molecular complexity index is 1170. The van der Waals surface area contributed by atoms with Gasteiger partial charge in [-0.1, -0.05) is 18.2 Å². The molecule has 1 amide bonds. The van der Waals surface area contributed by atoms with Gasteiger partial charge in [0.2, 0.25) is 19.0 Å². The molecule has 2 aromatic carbocycles. The Morgan fingerprint density at radius 1 is 1.11 bits per heavy atom. The number of ether oxygens (including phenoxy) is 8. The Morgan fingerprint density at radius 3 is 2.66 bits per heavy atom. The fourth-order valence-corrected chi connectivity index (χ4v) is 4.62. The summed E-state index contributed by atoms with van der Waals surface area (Å²) in [5.74, 6) is 0.475. The standard InChI is InChI=1S/C26H29NO11/c1-13(24(29)30)35-23-21(27-14(2)28)26(36-15-8-9-18-19(10-15)34-12-33-18)37-20-11-32-25(38-22(20)23)16-6-4-5-7-17(16)31-3/h4-10,13,20-23,25-26H,11-12H2,1-3H3,(H,27,28)(H,29,30). The van der Waals surface area contributed by atoms with Gasteiger partial charge in [0.15, 0.2) is 23.9 Å². The zero-order valence-electron chi connectivity index (χ0n) is 21.0. The summed E-state index contributed by atoms with van der Waals surface area (Å²) < 4.78 is 46.8. The van der Waals surface area contributed by atoms with Crippen molar-refractivity contribution >= 4 is 11.9 Å². The van der Waals surface area contributed by atoms with Gasteiger partial charge in [0.25, 0.3) is 0 Å². The molecule has 2 aromatic rings. The van der Waals surface area contributed by atoms with Gasteiger partial charge in [-0.25, -0.2) is 4.79 Å². The molecule has 0 radical (unpaired) electrons. The molecule has 2 fully saturated rings. The number of rotatable bonds is 8. The molecule has 7 atom stereocenters. The average Bonchev–Trinajstić information content (AvgIpc) is 3.38. The van der Waals surface area contributed by atoms with E-state index in [1.807, 2.05) is 12.1 Å². The number of methoxy groups -OCH3 is 1. The SMILES string of the molecule is COc1ccccc1C1OCC2OC(Oc3ccc4c(c3)OCO4)C(NC(C)=O)C(OC(C)C(=O)O)C2O1. The molecule has 3 heterocycles. The monoisotopic (exact) mass is 531 g/mol. The number of fused-ring (bicyclic) bond motifs is 2. The van der Waals surface area contributed by atoms with Crippen molar-refractivity contribution in [3.8, 4) is 23.0 Å². The molecule has 3 aliphatic heterocycles. The third kappa shape index (κ3) is 5.34. The van der Waals surface area contributed by atoms with E-state index >= 15 is 0 Å². The molecule has 5 rings (SSSR count). The highest BCUT2D eigenvalue weighted by Gasteiger charge is 2.53. The predicted octanol–water partition coefficient (Wildman–Crippen LogP) is 2.00. The average molecular weight is 532 g/mol. The van der Waals surface area contributed by atoms with E-state index in [1.54, 1.807) is 37.4 Å². The number of hydrogen-bond acceptors (Lipinski definition) is 10. The number of carbonyl (C=O) groups excluding carboxylic acids is 1. The molecule has 7 unspecified atom stereocenters. The Labute approximate surface area is 218 Å². The molecule has 12 heteroatoms. The number of hydrogen-bond donors (Lipinski definition) is 2. The number of carboxylic acids is 1. The summed E-state index contributed by atoms with van der Waals surface area (Å²) in [6.07, 6.45) is -5.60. The van der Waals surface area contributed by atoms with E-state index in [0.29, 0.717) is 28.6 Å². The normalized spacial score (nSPS) is 28.6. The van der Waals surface area contributed by atoms with E-state index in [4.69, 9.17) is 37.9 Å². The Balaban J connectivity index is 1.45. The number of carboxylic acid groups (broad SMARTS) is 1. The highest BCUT2D eigenvalue weighted by Crippen LogP contribution is 2.40. The second-order valence-electron chi connectivity index (χ2n) is 8.99. The molecule has 0 saturated carbocycles. The van der Waals surface area contributed by atoms with Crippen LogP contribution in [0.2, 0.25) is 0 Å². The first kappa shape index (κ1) is 26.0. The van der Waals surface area contributed by atoms with Crippen molar-refractivity contribution in [2.45, 2.75) is 56.9 Å². The van der Waals surface area contributed by atoms with Crippen molar-refractivity contribution in [2.75, 3.05) is 20.5 Å². The van der Waals surface area contributed by atoms with Crippen LogP contribution in [0.25, 0.3) is 0 Å². The second-order valence-corrected chi connectivity index (χ2v) is 8.99. The van der Waals surface area contributed by atoms with Crippen molar-refractivity contribution in [2.24, 2.45) is 0 Å². The highest BCUT2D eigenvalue weighted by molar-refractivity contribution is 5.73. The van der Waals surface area contributed by atoms with Crippen LogP contribution in [-0.4, -0.2) is 74.2 Å². The molecule has 204 valence electrons. The van der Waals surface area contributed by atoms with E-state index < -0.39 is 49.0 Å². The van der Waals surface area contributed by atoms with E-state index in [2.05, 4.69) is 5.32 Å². The summed E-state index contributed by atoms with van der Waals surface area (Å²) in [5, 5.41) is 12.4. The summed E-state index contributed by atoms with van der Waals surface area (Å²) in [4.78, 5) is 24.0. The van der Waals surface area contributed by atoms with Crippen LogP contribution in [-0.2, 0) is 28.5 Å². The quantitative estimate of drug-likeness (QED) is 0.517. The van der Waals surface area contributed by atoms with Crippen LogP contribution in [0.4, 0.5) is 0 Å². The molecule has 2 saturated heterocycles. The lowest BCUT2D eigenvalue weighted by Gasteiger charge is -2.49. The van der Waals surface area contributed by atoms with Gasteiger partial charge in [0, 0.05) is 18.6 Å². The van der Waals surface area contributed by atoms with Crippen LogP contribution in [0.5, 0.6) is 23.0 Å². The van der Waals surface area contributed by atoms with Crippen LogP contribution in [0.1, 0.15) is 25.7 Å². The Morgan fingerprint density at radius 2 is 1.89 bits per heavy atom. The third-order valence-corrected chi connectivity index (χ3v) is 6.41.